The van der Waals surface area contributed by atoms with Crippen LogP contribution in [0.3, 0.4) is 0 Å². The van der Waals surface area contributed by atoms with Gasteiger partial charge in [-0.05, 0) is 47.0 Å². The molecule has 6 nitrogen and oxygen atoms in total. The number of nitrogens with one attached hydrogen (secondary N) is 1. The SMILES string of the molecule is O=C(Nc1cccnc1)C1=C[C@@H](c2ccc(Cl)cc2)C[C@@H](OCc2ccc(CO)cc2)O1. The highest BCUT2D eigenvalue weighted by molar-refractivity contribution is 6.30. The molecule has 164 valence electrons. The number of carbonyl (C=O) groups is 1. The minimum Gasteiger partial charge on any atom is -0.459 e. The molecule has 7 heteroatoms. The Hall–Kier alpha value is -3.19. The summed E-state index contributed by atoms with van der Waals surface area (Å²) in [6.07, 6.45) is 4.97. The lowest BCUT2D eigenvalue weighted by molar-refractivity contribution is -0.147. The summed E-state index contributed by atoms with van der Waals surface area (Å²) in [6.45, 7) is 0.317. The fourth-order valence-electron chi connectivity index (χ4n) is 3.42. The predicted molar refractivity (Wildman–Crippen MR) is 122 cm³/mol. The van der Waals surface area contributed by atoms with Gasteiger partial charge in [0, 0.05) is 23.6 Å². The van der Waals surface area contributed by atoms with Gasteiger partial charge in [0.2, 0.25) is 6.29 Å². The average molecular weight is 451 g/mol. The normalized spacial score (nSPS) is 17.9. The van der Waals surface area contributed by atoms with Gasteiger partial charge in [0.1, 0.15) is 0 Å². The molecular weight excluding hydrogens is 428 g/mol. The van der Waals surface area contributed by atoms with Crippen molar-refractivity contribution in [1.29, 1.82) is 0 Å². The number of nitrogens with zero attached hydrogens (tertiary/aromatic N) is 1. The van der Waals surface area contributed by atoms with Gasteiger partial charge in [-0.2, -0.15) is 0 Å². The van der Waals surface area contributed by atoms with E-state index >= 15 is 0 Å². The fourth-order valence-corrected chi connectivity index (χ4v) is 3.55. The van der Waals surface area contributed by atoms with Gasteiger partial charge in [-0.25, -0.2) is 0 Å². The van der Waals surface area contributed by atoms with E-state index in [-0.39, 0.29) is 24.2 Å². The van der Waals surface area contributed by atoms with E-state index in [0.717, 1.165) is 16.7 Å². The Morgan fingerprint density at radius 2 is 1.88 bits per heavy atom. The first-order valence-electron chi connectivity index (χ1n) is 10.3. The van der Waals surface area contributed by atoms with Crippen molar-refractivity contribution in [2.75, 3.05) is 5.32 Å². The number of carbonyl (C=O) groups excluding carboxylic acids is 1. The van der Waals surface area contributed by atoms with Crippen molar-refractivity contribution in [3.8, 4) is 0 Å². The monoisotopic (exact) mass is 450 g/mol. The van der Waals surface area contributed by atoms with Crippen LogP contribution in [-0.4, -0.2) is 22.3 Å². The number of anilines is 1. The van der Waals surface area contributed by atoms with Crippen molar-refractivity contribution >= 4 is 23.2 Å². The Bertz CT molecular complexity index is 1070. The van der Waals surface area contributed by atoms with E-state index in [0.29, 0.717) is 23.7 Å². The molecule has 1 aromatic heterocycles. The van der Waals surface area contributed by atoms with E-state index < -0.39 is 6.29 Å². The lowest BCUT2D eigenvalue weighted by Gasteiger charge is -2.29. The number of pyridine rings is 1. The van der Waals surface area contributed by atoms with Crippen LogP contribution in [0, 0.1) is 0 Å². The Kier molecular flexibility index (Phi) is 7.17. The number of hydrogen-bond acceptors (Lipinski definition) is 5. The second-order valence-corrected chi connectivity index (χ2v) is 7.89. The number of ether oxygens (including phenoxy) is 2. The third-order valence-corrected chi connectivity index (χ3v) is 5.39. The molecule has 1 amide bonds. The van der Waals surface area contributed by atoms with Crippen LogP contribution in [-0.2, 0) is 27.5 Å². The minimum atomic E-state index is -0.604. The van der Waals surface area contributed by atoms with Crippen molar-refractivity contribution in [3.63, 3.8) is 0 Å². The van der Waals surface area contributed by atoms with Crippen molar-refractivity contribution in [2.45, 2.75) is 31.8 Å². The molecule has 2 heterocycles. The van der Waals surface area contributed by atoms with Crippen LogP contribution >= 0.6 is 11.6 Å². The van der Waals surface area contributed by atoms with Crippen molar-refractivity contribution in [1.82, 2.24) is 4.98 Å². The number of benzene rings is 2. The molecule has 2 aromatic carbocycles. The molecule has 1 aliphatic heterocycles. The van der Waals surface area contributed by atoms with E-state index in [1.807, 2.05) is 54.6 Å². The zero-order valence-electron chi connectivity index (χ0n) is 17.3. The zero-order chi connectivity index (χ0) is 22.3. The molecule has 2 N–H and O–H groups in total. The van der Waals surface area contributed by atoms with Gasteiger partial charge in [0.05, 0.1) is 25.1 Å². The Morgan fingerprint density at radius 1 is 1.12 bits per heavy atom. The maximum Gasteiger partial charge on any atom is 0.290 e. The lowest BCUT2D eigenvalue weighted by atomic mass is 9.93. The van der Waals surface area contributed by atoms with Gasteiger partial charge in [-0.1, -0.05) is 48.0 Å². The van der Waals surface area contributed by atoms with E-state index in [1.165, 1.54) is 0 Å². The Morgan fingerprint density at radius 3 is 2.56 bits per heavy atom. The summed E-state index contributed by atoms with van der Waals surface area (Å²) in [5, 5.41) is 12.7. The Balaban J connectivity index is 1.50. The number of rotatable bonds is 7. The maximum atomic E-state index is 12.9. The minimum absolute atomic E-state index is 0.00412. The van der Waals surface area contributed by atoms with Gasteiger partial charge in [0.15, 0.2) is 5.76 Å². The van der Waals surface area contributed by atoms with Gasteiger partial charge >= 0.3 is 0 Å². The van der Waals surface area contributed by atoms with E-state index in [2.05, 4.69) is 10.3 Å². The first-order chi connectivity index (χ1) is 15.6. The van der Waals surface area contributed by atoms with Crippen LogP contribution in [0.25, 0.3) is 0 Å². The summed E-state index contributed by atoms with van der Waals surface area (Å²) in [5.41, 5.74) is 3.38. The Labute approximate surface area is 191 Å². The third-order valence-electron chi connectivity index (χ3n) is 5.14. The second kappa shape index (κ2) is 10.4. The van der Waals surface area contributed by atoms with E-state index in [1.54, 1.807) is 24.5 Å². The standard InChI is InChI=1S/C25H23ClN2O4/c26-21-9-7-19(8-10-21)20-12-23(25(30)28-22-2-1-11-27-14-22)32-24(13-20)31-16-18-5-3-17(15-29)4-6-18/h1-12,14,20,24,29H,13,15-16H2,(H,28,30)/t20-,24+/m1/s1. The molecule has 0 saturated heterocycles. The first-order valence-corrected chi connectivity index (χ1v) is 10.6. The molecule has 2 atom stereocenters. The average Bonchev–Trinajstić information content (AvgIpc) is 2.84. The fraction of sp³-hybridized carbons (Fsp3) is 0.200. The molecule has 4 rings (SSSR count). The molecular formula is C25H23ClN2O4. The van der Waals surface area contributed by atoms with Gasteiger partial charge in [0.25, 0.3) is 5.91 Å². The number of amides is 1. The van der Waals surface area contributed by atoms with Gasteiger partial charge in [-0.3, -0.25) is 9.78 Å². The zero-order valence-corrected chi connectivity index (χ0v) is 18.0. The van der Waals surface area contributed by atoms with Crippen LogP contribution in [0.2, 0.25) is 5.02 Å². The second-order valence-electron chi connectivity index (χ2n) is 7.45. The molecule has 32 heavy (non-hydrogen) atoms. The van der Waals surface area contributed by atoms with Crippen LogP contribution in [0.1, 0.15) is 29.0 Å². The third kappa shape index (κ3) is 5.73. The van der Waals surface area contributed by atoms with Crippen LogP contribution in [0.15, 0.2) is 84.9 Å². The van der Waals surface area contributed by atoms with Crippen molar-refractivity contribution in [3.05, 3.63) is 107 Å². The largest absolute Gasteiger partial charge is 0.459 e. The van der Waals surface area contributed by atoms with Crippen LogP contribution in [0.4, 0.5) is 5.69 Å². The highest BCUT2D eigenvalue weighted by Gasteiger charge is 2.29. The summed E-state index contributed by atoms with van der Waals surface area (Å²) in [4.78, 5) is 16.9. The molecule has 0 fully saturated rings. The van der Waals surface area contributed by atoms with E-state index in [9.17, 15) is 9.90 Å². The van der Waals surface area contributed by atoms with Gasteiger partial charge in [-0.15, -0.1) is 0 Å². The molecule has 0 saturated carbocycles. The smallest absolute Gasteiger partial charge is 0.290 e. The summed E-state index contributed by atoms with van der Waals surface area (Å²) < 4.78 is 11.9. The summed E-state index contributed by atoms with van der Waals surface area (Å²) in [5.74, 6) is -0.240. The van der Waals surface area contributed by atoms with Gasteiger partial charge < -0.3 is 19.9 Å². The first kappa shape index (κ1) is 22.0. The number of aliphatic hydroxyl groups is 1. The molecule has 0 unspecified atom stereocenters. The highest BCUT2D eigenvalue weighted by Crippen LogP contribution is 2.32. The highest BCUT2D eigenvalue weighted by atomic mass is 35.5. The maximum absolute atomic E-state index is 12.9. The summed E-state index contributed by atoms with van der Waals surface area (Å²) in [6, 6.07) is 18.5. The molecule has 0 aliphatic carbocycles. The predicted octanol–water partition coefficient (Wildman–Crippen LogP) is 4.80. The summed E-state index contributed by atoms with van der Waals surface area (Å²) in [7, 11) is 0. The number of aromatic nitrogens is 1. The quantitative estimate of drug-likeness (QED) is 0.540. The molecule has 0 spiro atoms. The van der Waals surface area contributed by atoms with Crippen molar-refractivity contribution in [2.24, 2.45) is 0 Å². The summed E-state index contributed by atoms with van der Waals surface area (Å²) >= 11 is 6.04. The van der Waals surface area contributed by atoms with Crippen LogP contribution in [0.5, 0.6) is 0 Å². The number of allylic oxidation sites excluding steroid dienone is 1. The molecule has 0 bridgehead atoms. The molecule has 1 aliphatic rings. The molecule has 3 aromatic rings. The number of hydrogen-bond donors (Lipinski definition) is 2. The number of halogens is 1. The van der Waals surface area contributed by atoms with E-state index in [4.69, 9.17) is 21.1 Å². The molecule has 0 radical (unpaired) electrons. The van der Waals surface area contributed by atoms with Crippen molar-refractivity contribution < 1.29 is 19.4 Å². The lowest BCUT2D eigenvalue weighted by Crippen LogP contribution is -2.29. The van der Waals surface area contributed by atoms with Crippen LogP contribution < -0.4 is 5.32 Å². The topological polar surface area (TPSA) is 80.7 Å². The number of aliphatic hydroxyl groups excluding tert-OH is 1.